The van der Waals surface area contributed by atoms with Crippen molar-refractivity contribution in [2.24, 2.45) is 28.1 Å². The standard InChI is InChI=1S/C24H49N/c1-19(2)25(10)18-24(8,9)16-21-13-11-20(12-14-21)15-23(6,7)17-22(3,4)5/h19-21H,11-18H2,1-10H3. The minimum atomic E-state index is 0.446. The topological polar surface area (TPSA) is 3.24 Å². The van der Waals surface area contributed by atoms with Gasteiger partial charge in [0.1, 0.15) is 0 Å². The highest BCUT2D eigenvalue weighted by molar-refractivity contribution is 4.84. The van der Waals surface area contributed by atoms with Crippen LogP contribution < -0.4 is 0 Å². The summed E-state index contributed by atoms with van der Waals surface area (Å²) in [5.41, 5.74) is 1.39. The molecule has 1 rings (SSSR count). The molecule has 1 heteroatoms. The van der Waals surface area contributed by atoms with Crippen LogP contribution in [0.2, 0.25) is 0 Å². The average Bonchev–Trinajstić information content (AvgIpc) is 2.36. The summed E-state index contributed by atoms with van der Waals surface area (Å²) in [6, 6.07) is 0.653. The zero-order valence-electron chi connectivity index (χ0n) is 19.3. The van der Waals surface area contributed by atoms with Crippen LogP contribution in [0.3, 0.4) is 0 Å². The summed E-state index contributed by atoms with van der Waals surface area (Å²) in [6.07, 6.45) is 10.0. The number of rotatable bonds is 8. The molecule has 1 nitrogen and oxygen atoms in total. The molecule has 0 heterocycles. The second-order valence-corrected chi connectivity index (χ2v) is 12.4. The molecule has 0 amide bonds. The summed E-state index contributed by atoms with van der Waals surface area (Å²) in [4.78, 5) is 2.51. The zero-order chi connectivity index (χ0) is 19.5. The van der Waals surface area contributed by atoms with Crippen molar-refractivity contribution < 1.29 is 0 Å². The number of hydrogen-bond acceptors (Lipinski definition) is 1. The van der Waals surface area contributed by atoms with E-state index < -0.39 is 0 Å². The lowest BCUT2D eigenvalue weighted by Gasteiger charge is -2.40. The van der Waals surface area contributed by atoms with E-state index in [0.717, 1.165) is 11.8 Å². The average molecular weight is 352 g/mol. The van der Waals surface area contributed by atoms with Crippen LogP contribution in [0.4, 0.5) is 0 Å². The third-order valence-corrected chi connectivity index (χ3v) is 6.22. The van der Waals surface area contributed by atoms with E-state index in [1.807, 2.05) is 0 Å². The Labute approximate surface area is 160 Å². The Balaban J connectivity index is 2.43. The van der Waals surface area contributed by atoms with Crippen LogP contribution in [0.25, 0.3) is 0 Å². The third-order valence-electron chi connectivity index (χ3n) is 6.22. The molecule has 0 spiro atoms. The van der Waals surface area contributed by atoms with Crippen LogP contribution in [-0.2, 0) is 0 Å². The Morgan fingerprint density at radius 3 is 1.52 bits per heavy atom. The van der Waals surface area contributed by atoms with E-state index in [1.165, 1.54) is 51.5 Å². The maximum Gasteiger partial charge on any atom is 0.00357 e. The van der Waals surface area contributed by atoms with Crippen molar-refractivity contribution in [2.75, 3.05) is 13.6 Å². The van der Waals surface area contributed by atoms with Crippen LogP contribution in [0.1, 0.15) is 107 Å². The van der Waals surface area contributed by atoms with Crippen molar-refractivity contribution in [3.05, 3.63) is 0 Å². The summed E-state index contributed by atoms with van der Waals surface area (Å²) in [6.45, 7) is 23.0. The summed E-state index contributed by atoms with van der Waals surface area (Å²) in [7, 11) is 2.28. The fourth-order valence-electron chi connectivity index (χ4n) is 5.63. The first kappa shape index (κ1) is 23.0. The molecule has 0 saturated heterocycles. The van der Waals surface area contributed by atoms with Gasteiger partial charge in [0.2, 0.25) is 0 Å². The van der Waals surface area contributed by atoms with E-state index in [2.05, 4.69) is 74.3 Å². The quantitative estimate of drug-likeness (QED) is 0.440. The highest BCUT2D eigenvalue weighted by Gasteiger charge is 2.32. The van der Waals surface area contributed by atoms with Crippen molar-refractivity contribution in [3.8, 4) is 0 Å². The highest BCUT2D eigenvalue weighted by Crippen LogP contribution is 2.44. The van der Waals surface area contributed by atoms with Gasteiger partial charge in [0.15, 0.2) is 0 Å². The van der Waals surface area contributed by atoms with Gasteiger partial charge in [-0.1, -0.05) is 74.1 Å². The van der Waals surface area contributed by atoms with Crippen LogP contribution >= 0.6 is 0 Å². The first-order chi connectivity index (χ1) is 11.2. The number of hydrogen-bond donors (Lipinski definition) is 0. The van der Waals surface area contributed by atoms with Crippen LogP contribution in [0.5, 0.6) is 0 Å². The lowest BCUT2D eigenvalue weighted by atomic mass is 9.67. The van der Waals surface area contributed by atoms with E-state index in [1.54, 1.807) is 0 Å². The smallest absolute Gasteiger partial charge is 0.00357 e. The summed E-state index contributed by atoms with van der Waals surface area (Å²) in [5.74, 6) is 1.92. The second kappa shape index (κ2) is 8.77. The summed E-state index contributed by atoms with van der Waals surface area (Å²) in [5, 5.41) is 0. The first-order valence-electron chi connectivity index (χ1n) is 10.9. The lowest BCUT2D eigenvalue weighted by Crippen LogP contribution is -2.37. The van der Waals surface area contributed by atoms with Gasteiger partial charge in [0.05, 0.1) is 0 Å². The maximum atomic E-state index is 2.51. The molecule has 150 valence electrons. The van der Waals surface area contributed by atoms with Crippen molar-refractivity contribution >= 4 is 0 Å². The molecule has 1 aliphatic rings. The van der Waals surface area contributed by atoms with Crippen LogP contribution in [0.15, 0.2) is 0 Å². The van der Waals surface area contributed by atoms with E-state index in [4.69, 9.17) is 0 Å². The molecule has 0 atom stereocenters. The molecule has 0 aromatic heterocycles. The van der Waals surface area contributed by atoms with Gasteiger partial charge in [-0.15, -0.1) is 0 Å². The molecule has 1 fully saturated rings. The molecular weight excluding hydrogens is 302 g/mol. The lowest BCUT2D eigenvalue weighted by molar-refractivity contribution is 0.109. The maximum absolute atomic E-state index is 2.51. The van der Waals surface area contributed by atoms with Crippen molar-refractivity contribution in [3.63, 3.8) is 0 Å². The Morgan fingerprint density at radius 2 is 1.16 bits per heavy atom. The Bertz CT molecular complexity index is 377. The van der Waals surface area contributed by atoms with Crippen molar-refractivity contribution in [1.29, 1.82) is 0 Å². The van der Waals surface area contributed by atoms with Crippen molar-refractivity contribution in [2.45, 2.75) is 113 Å². The monoisotopic (exact) mass is 351 g/mol. The van der Waals surface area contributed by atoms with Crippen molar-refractivity contribution in [1.82, 2.24) is 4.90 Å². The van der Waals surface area contributed by atoms with Gasteiger partial charge in [-0.25, -0.2) is 0 Å². The minimum absolute atomic E-state index is 0.446. The third kappa shape index (κ3) is 9.45. The van der Waals surface area contributed by atoms with Gasteiger partial charge in [-0.2, -0.15) is 0 Å². The molecule has 25 heavy (non-hydrogen) atoms. The first-order valence-corrected chi connectivity index (χ1v) is 10.9. The predicted octanol–water partition coefficient (Wildman–Crippen LogP) is 7.40. The van der Waals surface area contributed by atoms with E-state index in [-0.39, 0.29) is 0 Å². The zero-order valence-corrected chi connectivity index (χ0v) is 19.3. The molecular formula is C24H49N. The van der Waals surface area contributed by atoms with Gasteiger partial charge in [0, 0.05) is 12.6 Å². The van der Waals surface area contributed by atoms with E-state index in [9.17, 15) is 0 Å². The molecule has 1 saturated carbocycles. The van der Waals surface area contributed by atoms with Gasteiger partial charge in [-0.3, -0.25) is 0 Å². The molecule has 0 unspecified atom stereocenters. The molecule has 0 bridgehead atoms. The van der Waals surface area contributed by atoms with E-state index in [0.29, 0.717) is 22.3 Å². The Kier molecular flexibility index (Phi) is 8.06. The fraction of sp³-hybridized carbons (Fsp3) is 1.00. The van der Waals surface area contributed by atoms with Gasteiger partial charge < -0.3 is 4.90 Å². The predicted molar refractivity (Wildman–Crippen MR) is 114 cm³/mol. The molecule has 0 N–H and O–H groups in total. The molecule has 1 aliphatic carbocycles. The second-order valence-electron chi connectivity index (χ2n) is 12.4. The summed E-state index contributed by atoms with van der Waals surface area (Å²) < 4.78 is 0. The SMILES string of the molecule is CC(C)N(C)CC(C)(C)CC1CCC(CC(C)(C)CC(C)(C)C)CC1. The van der Waals surface area contributed by atoms with Crippen LogP contribution in [0, 0.1) is 28.1 Å². The normalized spacial score (nSPS) is 23.5. The molecule has 0 radical (unpaired) electrons. The molecule has 0 aliphatic heterocycles. The largest absolute Gasteiger partial charge is 0.303 e. The Morgan fingerprint density at radius 1 is 0.760 bits per heavy atom. The fourth-order valence-corrected chi connectivity index (χ4v) is 5.63. The van der Waals surface area contributed by atoms with Gasteiger partial charge >= 0.3 is 0 Å². The minimum Gasteiger partial charge on any atom is -0.303 e. The van der Waals surface area contributed by atoms with E-state index >= 15 is 0 Å². The highest BCUT2D eigenvalue weighted by atomic mass is 15.1. The number of nitrogens with zero attached hydrogens (tertiary/aromatic N) is 1. The molecule has 0 aromatic rings. The van der Waals surface area contributed by atoms with Gasteiger partial charge in [0.25, 0.3) is 0 Å². The van der Waals surface area contributed by atoms with Gasteiger partial charge in [-0.05, 0) is 68.2 Å². The molecule has 0 aromatic carbocycles. The summed E-state index contributed by atoms with van der Waals surface area (Å²) >= 11 is 0. The van der Waals surface area contributed by atoms with Crippen LogP contribution in [-0.4, -0.2) is 24.5 Å². The Hall–Kier alpha value is -0.0400.